The maximum atomic E-state index is 8.24. The number of rotatable bonds is 0. The molecule has 0 aromatic rings. The molecule has 0 unspecified atom stereocenters. The summed E-state index contributed by atoms with van der Waals surface area (Å²) >= 11 is 0. The number of nitrogens with zero attached hydrogens (tertiary/aromatic N) is 1. The largest absolute Gasteiger partial charge is 0.536 e. The fraction of sp³-hybridized carbons (Fsp3) is 1.00. The van der Waals surface area contributed by atoms with Crippen molar-refractivity contribution in [3.63, 3.8) is 0 Å². The molecule has 0 saturated carbocycles. The van der Waals surface area contributed by atoms with Gasteiger partial charge in [0.2, 0.25) is 0 Å². The summed E-state index contributed by atoms with van der Waals surface area (Å²) in [4.78, 5) is 3.13. The Balaban J connectivity index is 2.33. The Labute approximate surface area is 49.7 Å². The highest BCUT2D eigenvalue weighted by molar-refractivity contribution is 6.38. The first kappa shape index (κ1) is 5.75. The first-order valence-electron chi connectivity index (χ1n) is 2.77. The van der Waals surface area contributed by atoms with E-state index in [-0.39, 0.29) is 0 Å². The van der Waals surface area contributed by atoms with Gasteiger partial charge in [0.05, 0.1) is 6.61 Å². The predicted octanol–water partition coefficient (Wildman–Crippen LogP) is 0.943. The Morgan fingerprint density at radius 3 is 2.75 bits per heavy atom. The second-order valence-corrected chi connectivity index (χ2v) is 3.58. The first-order valence-corrected chi connectivity index (χ1v) is 4.33. The van der Waals surface area contributed by atoms with Crippen molar-refractivity contribution in [3.05, 3.63) is 0 Å². The van der Waals surface area contributed by atoms with Gasteiger partial charge in [-0.05, 0) is 12.8 Å². The molecule has 0 aromatic heterocycles. The van der Waals surface area contributed by atoms with Crippen LogP contribution in [0.1, 0.15) is 12.8 Å². The van der Waals surface area contributed by atoms with E-state index in [9.17, 15) is 0 Å². The monoisotopic (exact) mass is 131 g/mol. The zero-order chi connectivity index (χ0) is 5.82. The zero-order valence-electron chi connectivity index (χ0n) is 4.63. The van der Waals surface area contributed by atoms with Crippen molar-refractivity contribution in [1.82, 2.24) is 0 Å². The first-order chi connectivity index (χ1) is 3.93. The molecule has 1 rings (SSSR count). The van der Waals surface area contributed by atoms with E-state index < -0.39 is 8.83 Å². The Morgan fingerprint density at radius 1 is 1.50 bits per heavy atom. The molecular formula is C4H9NO2Si. The van der Waals surface area contributed by atoms with Gasteiger partial charge in [-0.3, -0.25) is 0 Å². The van der Waals surface area contributed by atoms with Gasteiger partial charge < -0.3 is 9.63 Å². The molecule has 1 heterocycles. The lowest BCUT2D eigenvalue weighted by molar-refractivity contribution is 0.256. The lowest BCUT2D eigenvalue weighted by Gasteiger charge is -2.10. The van der Waals surface area contributed by atoms with Crippen LogP contribution < -0.4 is 0 Å². The molecule has 1 aliphatic rings. The minimum atomic E-state index is -1.11. The van der Waals surface area contributed by atoms with Gasteiger partial charge in [0.15, 0.2) is 0 Å². The van der Waals surface area contributed by atoms with E-state index in [0.29, 0.717) is 0 Å². The molecule has 8 heavy (non-hydrogen) atoms. The molecule has 0 atom stereocenters. The molecule has 1 saturated heterocycles. The minimum absolute atomic E-state index is 0.790. The van der Waals surface area contributed by atoms with Gasteiger partial charge in [-0.2, -0.15) is 0 Å². The van der Waals surface area contributed by atoms with Crippen molar-refractivity contribution in [2.75, 3.05) is 6.61 Å². The summed E-state index contributed by atoms with van der Waals surface area (Å²) in [5.74, 6) is 0. The van der Waals surface area contributed by atoms with E-state index in [1.54, 1.807) is 0 Å². The van der Waals surface area contributed by atoms with Gasteiger partial charge in [0.1, 0.15) is 0 Å². The van der Waals surface area contributed by atoms with Crippen LogP contribution in [0, 0.1) is 0 Å². The lowest BCUT2D eigenvalue weighted by Crippen LogP contribution is -2.13. The Bertz CT molecular complexity index is 96.2. The summed E-state index contributed by atoms with van der Waals surface area (Å²) in [5, 5.41) is 8.24. The fourth-order valence-corrected chi connectivity index (χ4v) is 1.95. The van der Waals surface area contributed by atoms with Crippen molar-refractivity contribution in [3.8, 4) is 0 Å². The smallest absolute Gasteiger partial charge is 0.399 e. The van der Waals surface area contributed by atoms with Gasteiger partial charge in [-0.25, -0.2) is 0 Å². The maximum absolute atomic E-state index is 8.24. The second kappa shape index (κ2) is 2.81. The molecule has 0 bridgehead atoms. The average molecular weight is 131 g/mol. The molecular weight excluding hydrogens is 122 g/mol. The lowest BCUT2D eigenvalue weighted by atomic mass is 10.4. The normalized spacial score (nSPS) is 25.2. The van der Waals surface area contributed by atoms with E-state index in [0.717, 1.165) is 19.1 Å². The third-order valence-corrected chi connectivity index (χ3v) is 2.71. The quantitative estimate of drug-likeness (QED) is 0.392. The number of hydrogen-bond acceptors (Lipinski definition) is 3. The maximum Gasteiger partial charge on any atom is 0.399 e. The third-order valence-electron chi connectivity index (χ3n) is 1.17. The molecule has 1 N–H and O–H groups in total. The molecule has 46 valence electrons. The second-order valence-electron chi connectivity index (χ2n) is 1.80. The van der Waals surface area contributed by atoms with Crippen LogP contribution in [-0.4, -0.2) is 20.6 Å². The van der Waals surface area contributed by atoms with Crippen LogP contribution in [-0.2, 0) is 4.43 Å². The SMILES string of the molecule is ON=[Si]1CCCCO1. The van der Waals surface area contributed by atoms with Crippen LogP contribution >= 0.6 is 0 Å². The highest BCUT2D eigenvalue weighted by atomic mass is 28.3. The summed E-state index contributed by atoms with van der Waals surface area (Å²) in [6, 6.07) is 0.973. The molecule has 4 heteroatoms. The van der Waals surface area contributed by atoms with E-state index in [2.05, 4.69) is 4.80 Å². The van der Waals surface area contributed by atoms with E-state index in [1.165, 1.54) is 6.42 Å². The molecule has 0 aliphatic carbocycles. The summed E-state index contributed by atoms with van der Waals surface area (Å²) in [6.45, 7) is 0.790. The van der Waals surface area contributed by atoms with Crippen LogP contribution in [0.5, 0.6) is 0 Å². The average Bonchev–Trinajstić information content (AvgIpc) is 1.90. The molecule has 1 fully saturated rings. The van der Waals surface area contributed by atoms with Gasteiger partial charge >= 0.3 is 8.83 Å². The summed E-state index contributed by atoms with van der Waals surface area (Å²) < 4.78 is 5.11. The standard InChI is InChI=1S/C4H9NO2Si/c6-5-8-4-2-1-3-7-8/h6H,1-4H2. The molecule has 1 aliphatic heterocycles. The van der Waals surface area contributed by atoms with Gasteiger partial charge in [0.25, 0.3) is 0 Å². The minimum Gasteiger partial charge on any atom is -0.536 e. The van der Waals surface area contributed by atoms with E-state index >= 15 is 0 Å². The predicted molar refractivity (Wildman–Crippen MR) is 30.0 cm³/mol. The van der Waals surface area contributed by atoms with Crippen molar-refractivity contribution in [2.24, 2.45) is 4.80 Å². The molecule has 0 aromatic carbocycles. The highest BCUT2D eigenvalue weighted by Crippen LogP contribution is 2.05. The summed E-state index contributed by atoms with van der Waals surface area (Å²) in [5.41, 5.74) is 0. The summed E-state index contributed by atoms with van der Waals surface area (Å²) in [7, 11) is -1.11. The number of hydrogen-bond donors (Lipinski definition) is 1. The third kappa shape index (κ3) is 1.29. The molecule has 3 nitrogen and oxygen atoms in total. The van der Waals surface area contributed by atoms with Crippen molar-refractivity contribution < 1.29 is 9.63 Å². The molecule has 0 radical (unpaired) electrons. The molecule has 0 amide bonds. The molecule has 0 spiro atoms. The zero-order valence-corrected chi connectivity index (χ0v) is 5.63. The fourth-order valence-electron chi connectivity index (χ4n) is 0.719. The Morgan fingerprint density at radius 2 is 2.38 bits per heavy atom. The van der Waals surface area contributed by atoms with Crippen molar-refractivity contribution in [2.45, 2.75) is 18.9 Å². The topological polar surface area (TPSA) is 41.8 Å². The van der Waals surface area contributed by atoms with Crippen LogP contribution in [0.4, 0.5) is 0 Å². The highest BCUT2D eigenvalue weighted by Gasteiger charge is 2.09. The van der Waals surface area contributed by atoms with E-state index in [1.807, 2.05) is 0 Å². The van der Waals surface area contributed by atoms with Crippen molar-refractivity contribution in [1.29, 1.82) is 0 Å². The van der Waals surface area contributed by atoms with Gasteiger partial charge in [0, 0.05) is 6.04 Å². The van der Waals surface area contributed by atoms with Crippen molar-refractivity contribution >= 4 is 8.83 Å². The van der Waals surface area contributed by atoms with E-state index in [4.69, 9.17) is 9.63 Å². The van der Waals surface area contributed by atoms with Gasteiger partial charge in [-0.1, -0.05) is 0 Å². The summed E-state index contributed by atoms with van der Waals surface area (Å²) in [6.07, 6.45) is 2.29. The Hall–Kier alpha value is -0.383. The van der Waals surface area contributed by atoms with Crippen LogP contribution in [0.2, 0.25) is 6.04 Å². The van der Waals surface area contributed by atoms with Crippen LogP contribution in [0.15, 0.2) is 4.80 Å². The van der Waals surface area contributed by atoms with Gasteiger partial charge in [-0.15, -0.1) is 4.80 Å². The Kier molecular flexibility index (Phi) is 2.02. The van der Waals surface area contributed by atoms with Crippen LogP contribution in [0.25, 0.3) is 0 Å². The van der Waals surface area contributed by atoms with Crippen LogP contribution in [0.3, 0.4) is 0 Å².